The van der Waals surface area contributed by atoms with Gasteiger partial charge < -0.3 is 5.11 Å². The number of rotatable bonds is 4. The van der Waals surface area contributed by atoms with Crippen molar-refractivity contribution in [2.75, 3.05) is 0 Å². The number of aliphatic hydroxyl groups is 1. The lowest BCUT2D eigenvalue weighted by Gasteiger charge is -2.16. The first-order chi connectivity index (χ1) is 11.1. The fourth-order valence-electron chi connectivity index (χ4n) is 2.76. The third-order valence-corrected chi connectivity index (χ3v) is 4.34. The van der Waals surface area contributed by atoms with Crippen molar-refractivity contribution in [3.8, 4) is 11.3 Å². The van der Waals surface area contributed by atoms with Crippen LogP contribution in [0.15, 0.2) is 48.5 Å². The van der Waals surface area contributed by atoms with Crippen molar-refractivity contribution in [2.45, 2.75) is 33.4 Å². The van der Waals surface area contributed by atoms with Crippen molar-refractivity contribution in [3.63, 3.8) is 0 Å². The average Bonchev–Trinajstić information content (AvgIpc) is 3.01. The Balaban J connectivity index is 2.12. The van der Waals surface area contributed by atoms with Gasteiger partial charge in [-0.2, -0.15) is 0 Å². The van der Waals surface area contributed by atoms with Crippen molar-refractivity contribution < 1.29 is 5.11 Å². The van der Waals surface area contributed by atoms with E-state index in [9.17, 15) is 5.11 Å². The Hall–Kier alpha value is -2.46. The van der Waals surface area contributed by atoms with Crippen LogP contribution in [0.2, 0.25) is 0 Å². The van der Waals surface area contributed by atoms with Gasteiger partial charge in [0.15, 0.2) is 0 Å². The molecule has 0 fully saturated rings. The van der Waals surface area contributed by atoms with Crippen LogP contribution in [0.4, 0.5) is 0 Å². The highest BCUT2D eigenvalue weighted by Gasteiger charge is 2.19. The molecule has 0 saturated carbocycles. The van der Waals surface area contributed by atoms with Crippen LogP contribution < -0.4 is 0 Å². The molecule has 0 aliphatic carbocycles. The summed E-state index contributed by atoms with van der Waals surface area (Å²) in [6.45, 7) is 6.15. The monoisotopic (exact) mass is 307 g/mol. The topological polar surface area (TPSA) is 50.9 Å². The van der Waals surface area contributed by atoms with Crippen LogP contribution in [0.1, 0.15) is 35.3 Å². The van der Waals surface area contributed by atoms with E-state index in [1.165, 1.54) is 11.1 Å². The number of benzene rings is 2. The van der Waals surface area contributed by atoms with E-state index >= 15 is 0 Å². The number of aromatic nitrogens is 3. The second-order valence-electron chi connectivity index (χ2n) is 5.87. The quantitative estimate of drug-likeness (QED) is 0.800. The maximum Gasteiger partial charge on any atom is 0.116 e. The molecule has 1 unspecified atom stereocenters. The zero-order valence-corrected chi connectivity index (χ0v) is 13.7. The molecule has 118 valence electrons. The molecule has 0 aliphatic heterocycles. The molecule has 1 N–H and O–H groups in total. The first-order valence-electron chi connectivity index (χ1n) is 7.79. The molecule has 0 saturated heterocycles. The lowest BCUT2D eigenvalue weighted by atomic mass is 10.0. The predicted octanol–water partition coefficient (Wildman–Crippen LogP) is 3.66. The van der Waals surface area contributed by atoms with Crippen molar-refractivity contribution in [1.82, 2.24) is 15.0 Å². The molecule has 0 amide bonds. The third-order valence-electron chi connectivity index (χ3n) is 4.34. The summed E-state index contributed by atoms with van der Waals surface area (Å²) >= 11 is 0. The second kappa shape index (κ2) is 6.34. The molecule has 23 heavy (non-hydrogen) atoms. The maximum absolute atomic E-state index is 9.65. The smallest absolute Gasteiger partial charge is 0.116 e. The van der Waals surface area contributed by atoms with Gasteiger partial charge in [0, 0.05) is 5.56 Å². The summed E-state index contributed by atoms with van der Waals surface area (Å²) in [7, 11) is 0. The molecule has 4 heteroatoms. The minimum Gasteiger partial charge on any atom is -0.390 e. The molecular weight excluding hydrogens is 286 g/mol. The lowest BCUT2D eigenvalue weighted by molar-refractivity contribution is 0.277. The molecule has 0 radical (unpaired) electrons. The molecule has 2 aromatic carbocycles. The summed E-state index contributed by atoms with van der Waals surface area (Å²) < 4.78 is 1.89. The minimum absolute atomic E-state index is 0.0422. The van der Waals surface area contributed by atoms with Crippen LogP contribution in [-0.4, -0.2) is 20.1 Å². The van der Waals surface area contributed by atoms with Gasteiger partial charge >= 0.3 is 0 Å². The van der Waals surface area contributed by atoms with Gasteiger partial charge in [0.25, 0.3) is 0 Å². The van der Waals surface area contributed by atoms with Crippen molar-refractivity contribution in [2.24, 2.45) is 0 Å². The summed E-state index contributed by atoms with van der Waals surface area (Å²) in [6.07, 6.45) is 0. The van der Waals surface area contributed by atoms with Gasteiger partial charge in [-0.25, -0.2) is 4.68 Å². The summed E-state index contributed by atoms with van der Waals surface area (Å²) in [5.41, 5.74) is 6.14. The molecule has 4 nitrogen and oxygen atoms in total. The number of aryl methyl sites for hydroxylation is 2. The van der Waals surface area contributed by atoms with Crippen LogP contribution in [0.25, 0.3) is 11.3 Å². The number of hydrogen-bond donors (Lipinski definition) is 1. The number of aliphatic hydroxyl groups excluding tert-OH is 1. The Bertz CT molecular complexity index is 809. The van der Waals surface area contributed by atoms with Gasteiger partial charge in [-0.1, -0.05) is 47.7 Å². The van der Waals surface area contributed by atoms with Crippen LogP contribution in [0.5, 0.6) is 0 Å². The third kappa shape index (κ3) is 2.90. The highest BCUT2D eigenvalue weighted by Crippen LogP contribution is 2.29. The van der Waals surface area contributed by atoms with E-state index in [4.69, 9.17) is 0 Å². The average molecular weight is 307 g/mol. The van der Waals surface area contributed by atoms with E-state index in [0.29, 0.717) is 5.69 Å². The highest BCUT2D eigenvalue weighted by atomic mass is 16.3. The molecule has 1 atom stereocenters. The Morgan fingerprint density at radius 1 is 1.04 bits per heavy atom. The minimum atomic E-state index is -0.121. The zero-order valence-electron chi connectivity index (χ0n) is 13.7. The maximum atomic E-state index is 9.65. The van der Waals surface area contributed by atoms with Gasteiger partial charge in [0.1, 0.15) is 5.69 Å². The van der Waals surface area contributed by atoms with Crippen molar-refractivity contribution >= 4 is 0 Å². The molecule has 0 bridgehead atoms. The molecule has 1 aromatic heterocycles. The Kier molecular flexibility index (Phi) is 4.26. The van der Waals surface area contributed by atoms with E-state index in [-0.39, 0.29) is 12.6 Å². The van der Waals surface area contributed by atoms with Gasteiger partial charge in [-0.3, -0.25) is 0 Å². The van der Waals surface area contributed by atoms with Crippen molar-refractivity contribution in [3.05, 3.63) is 70.9 Å². The predicted molar refractivity (Wildman–Crippen MR) is 91.1 cm³/mol. The van der Waals surface area contributed by atoms with Crippen LogP contribution in [0, 0.1) is 13.8 Å². The second-order valence-corrected chi connectivity index (χ2v) is 5.87. The van der Waals surface area contributed by atoms with Crippen LogP contribution in [-0.2, 0) is 6.61 Å². The summed E-state index contributed by atoms with van der Waals surface area (Å²) in [6, 6.07) is 16.5. The molecule has 0 spiro atoms. The Morgan fingerprint density at radius 2 is 1.78 bits per heavy atom. The normalized spacial score (nSPS) is 12.3. The number of nitrogens with zero attached hydrogens (tertiary/aromatic N) is 3. The SMILES string of the molecule is Cc1ccc(-c2c(CO)nnn2C(C)c2ccccc2)cc1C. The fourth-order valence-corrected chi connectivity index (χ4v) is 2.76. The molecular formula is C19H21N3O. The molecule has 3 aromatic rings. The first-order valence-corrected chi connectivity index (χ1v) is 7.79. The van der Waals surface area contributed by atoms with E-state index < -0.39 is 0 Å². The van der Waals surface area contributed by atoms with E-state index in [1.54, 1.807) is 0 Å². The zero-order chi connectivity index (χ0) is 16.4. The van der Waals surface area contributed by atoms with E-state index in [2.05, 4.69) is 61.4 Å². The van der Waals surface area contributed by atoms with Crippen LogP contribution >= 0.6 is 0 Å². The van der Waals surface area contributed by atoms with Gasteiger partial charge in [0.05, 0.1) is 18.3 Å². The van der Waals surface area contributed by atoms with Gasteiger partial charge in [0.2, 0.25) is 0 Å². The summed E-state index contributed by atoms with van der Waals surface area (Å²) in [5.74, 6) is 0. The van der Waals surface area contributed by atoms with Gasteiger partial charge in [-0.05, 0) is 43.5 Å². The molecule has 1 heterocycles. The van der Waals surface area contributed by atoms with Crippen LogP contribution in [0.3, 0.4) is 0 Å². The van der Waals surface area contributed by atoms with Gasteiger partial charge in [-0.15, -0.1) is 5.10 Å². The van der Waals surface area contributed by atoms with E-state index in [0.717, 1.165) is 16.8 Å². The Morgan fingerprint density at radius 3 is 2.43 bits per heavy atom. The fraction of sp³-hybridized carbons (Fsp3) is 0.263. The van der Waals surface area contributed by atoms with Crippen molar-refractivity contribution in [1.29, 1.82) is 0 Å². The standard InChI is InChI=1S/C19H21N3O/c1-13-9-10-17(11-14(13)2)19-18(12-23)20-21-22(19)15(3)16-7-5-4-6-8-16/h4-11,15,23H,12H2,1-3H3. The van der Waals surface area contributed by atoms with E-state index in [1.807, 2.05) is 22.9 Å². The largest absolute Gasteiger partial charge is 0.390 e. The summed E-state index contributed by atoms with van der Waals surface area (Å²) in [4.78, 5) is 0. The lowest BCUT2D eigenvalue weighted by Crippen LogP contribution is -2.10. The Labute approximate surface area is 136 Å². The highest BCUT2D eigenvalue weighted by molar-refractivity contribution is 5.64. The number of hydrogen-bond acceptors (Lipinski definition) is 3. The molecule has 3 rings (SSSR count). The first kappa shape index (κ1) is 15.4. The molecule has 0 aliphatic rings. The summed E-state index contributed by atoms with van der Waals surface area (Å²) in [5, 5.41) is 18.1.